The van der Waals surface area contributed by atoms with Crippen molar-refractivity contribution in [3.05, 3.63) is 65.2 Å². The molecule has 0 unspecified atom stereocenters. The van der Waals surface area contributed by atoms with Gasteiger partial charge in [-0.25, -0.2) is 22.7 Å². The number of halogens is 1. The highest BCUT2D eigenvalue weighted by molar-refractivity contribution is 7.89. The monoisotopic (exact) mass is 434 g/mol. The lowest BCUT2D eigenvalue weighted by Gasteiger charge is -2.07. The van der Waals surface area contributed by atoms with Gasteiger partial charge in [-0.05, 0) is 49.2 Å². The summed E-state index contributed by atoms with van der Waals surface area (Å²) < 4.78 is 46.2. The Morgan fingerprint density at radius 1 is 1.17 bits per heavy atom. The Morgan fingerprint density at radius 3 is 2.53 bits per heavy atom. The largest absolute Gasteiger partial charge is 0.450 e. The number of esters is 1. The fourth-order valence-corrected chi connectivity index (χ4v) is 3.34. The highest BCUT2D eigenvalue weighted by Gasteiger charge is 2.20. The van der Waals surface area contributed by atoms with Gasteiger partial charge in [-0.1, -0.05) is 12.1 Å². The molecule has 0 bridgehead atoms. The molecular formula is C20H19FN2O6S. The molecule has 0 saturated carbocycles. The number of hydrogen-bond donors (Lipinski definition) is 2. The van der Waals surface area contributed by atoms with Gasteiger partial charge in [0, 0.05) is 17.5 Å². The Kier molecular flexibility index (Phi) is 6.18. The molecule has 0 spiro atoms. The average molecular weight is 434 g/mol. The second kappa shape index (κ2) is 8.64. The van der Waals surface area contributed by atoms with Crippen molar-refractivity contribution < 1.29 is 31.6 Å². The van der Waals surface area contributed by atoms with Gasteiger partial charge >= 0.3 is 5.97 Å². The number of sulfonamides is 1. The summed E-state index contributed by atoms with van der Waals surface area (Å²) in [4.78, 5) is 24.1. The van der Waals surface area contributed by atoms with Gasteiger partial charge in [0.2, 0.25) is 15.8 Å². The van der Waals surface area contributed by atoms with Crippen LogP contribution in [-0.2, 0) is 26.0 Å². The minimum atomic E-state index is -3.75. The fourth-order valence-electron chi connectivity index (χ4n) is 2.83. The molecule has 2 aromatic carbocycles. The molecule has 8 nitrogen and oxygen atoms in total. The standard InChI is InChI=1S/C20H19FN2O6S/c1-12-16-10-14(21)4-7-17(16)29-19(12)20(25)28-11-18(24)23-9-8-13-2-5-15(6-3-13)30(22,26)27/h2-7,10H,8-9,11H2,1H3,(H,23,24)(H2,22,26,27). The van der Waals surface area contributed by atoms with E-state index >= 15 is 0 Å². The van der Waals surface area contributed by atoms with Gasteiger partial charge < -0.3 is 14.5 Å². The van der Waals surface area contributed by atoms with Crippen LogP contribution in [0.4, 0.5) is 4.39 Å². The van der Waals surface area contributed by atoms with E-state index in [4.69, 9.17) is 14.3 Å². The maximum absolute atomic E-state index is 13.4. The maximum Gasteiger partial charge on any atom is 0.375 e. The molecule has 1 heterocycles. The van der Waals surface area contributed by atoms with Crippen molar-refractivity contribution in [3.63, 3.8) is 0 Å². The van der Waals surface area contributed by atoms with Crippen molar-refractivity contribution in [2.24, 2.45) is 5.14 Å². The smallest absolute Gasteiger partial charge is 0.375 e. The highest BCUT2D eigenvalue weighted by atomic mass is 32.2. The topological polar surface area (TPSA) is 129 Å². The van der Waals surface area contributed by atoms with Crippen LogP contribution in [-0.4, -0.2) is 33.4 Å². The molecule has 0 aliphatic carbocycles. The van der Waals surface area contributed by atoms with Crippen LogP contribution in [0, 0.1) is 12.7 Å². The van der Waals surface area contributed by atoms with E-state index in [0.29, 0.717) is 23.0 Å². The minimum absolute atomic E-state index is 0.00539. The first kappa shape index (κ1) is 21.5. The van der Waals surface area contributed by atoms with Crippen molar-refractivity contribution in [2.45, 2.75) is 18.2 Å². The van der Waals surface area contributed by atoms with Gasteiger partial charge in [0.1, 0.15) is 11.4 Å². The lowest BCUT2D eigenvalue weighted by atomic mass is 10.1. The van der Waals surface area contributed by atoms with Crippen molar-refractivity contribution in [1.29, 1.82) is 0 Å². The molecule has 0 saturated heterocycles. The summed E-state index contributed by atoms with van der Waals surface area (Å²) in [6.07, 6.45) is 0.443. The van der Waals surface area contributed by atoms with Crippen LogP contribution >= 0.6 is 0 Å². The third-order valence-corrected chi connectivity index (χ3v) is 5.33. The summed E-state index contributed by atoms with van der Waals surface area (Å²) in [5.74, 6) is -1.87. The molecule has 0 aliphatic heterocycles. The molecule has 10 heteroatoms. The molecule has 1 aromatic heterocycles. The first-order valence-electron chi connectivity index (χ1n) is 8.89. The number of furan rings is 1. The molecule has 0 fully saturated rings. The Hall–Kier alpha value is -3.24. The van der Waals surface area contributed by atoms with Crippen LogP contribution in [0.5, 0.6) is 0 Å². The predicted octanol–water partition coefficient (Wildman–Crippen LogP) is 2.04. The first-order valence-corrected chi connectivity index (χ1v) is 10.4. The summed E-state index contributed by atoms with van der Waals surface area (Å²) in [6.45, 7) is 1.35. The summed E-state index contributed by atoms with van der Waals surface area (Å²) in [6, 6.07) is 9.85. The van der Waals surface area contributed by atoms with E-state index < -0.39 is 34.3 Å². The summed E-state index contributed by atoms with van der Waals surface area (Å²) in [5, 5.41) is 8.09. The van der Waals surface area contributed by atoms with E-state index in [1.54, 1.807) is 19.1 Å². The lowest BCUT2D eigenvalue weighted by molar-refractivity contribution is -0.124. The number of carbonyl (C=O) groups is 2. The quantitative estimate of drug-likeness (QED) is 0.548. The Balaban J connectivity index is 1.49. The number of aryl methyl sites for hydroxylation is 1. The van der Waals surface area contributed by atoms with Crippen LogP contribution in [0.25, 0.3) is 11.0 Å². The van der Waals surface area contributed by atoms with E-state index in [0.717, 1.165) is 5.56 Å². The first-order chi connectivity index (χ1) is 14.1. The highest BCUT2D eigenvalue weighted by Crippen LogP contribution is 2.26. The molecule has 3 N–H and O–H groups in total. The normalized spacial score (nSPS) is 11.4. The van der Waals surface area contributed by atoms with E-state index in [-0.39, 0.29) is 17.2 Å². The number of nitrogens with one attached hydrogen (secondary N) is 1. The number of hydrogen-bond acceptors (Lipinski definition) is 6. The van der Waals surface area contributed by atoms with Crippen LogP contribution in [0.1, 0.15) is 21.7 Å². The number of amides is 1. The zero-order chi connectivity index (χ0) is 21.9. The van der Waals surface area contributed by atoms with Gasteiger partial charge in [0.15, 0.2) is 6.61 Å². The second-order valence-electron chi connectivity index (χ2n) is 6.56. The molecule has 30 heavy (non-hydrogen) atoms. The van der Waals surface area contributed by atoms with Crippen molar-refractivity contribution in [1.82, 2.24) is 5.32 Å². The molecule has 3 rings (SSSR count). The van der Waals surface area contributed by atoms with E-state index in [1.165, 1.54) is 30.3 Å². The Labute approximate surface area is 171 Å². The zero-order valence-electron chi connectivity index (χ0n) is 16.0. The van der Waals surface area contributed by atoms with E-state index in [9.17, 15) is 22.4 Å². The second-order valence-corrected chi connectivity index (χ2v) is 8.12. The summed E-state index contributed by atoms with van der Waals surface area (Å²) >= 11 is 0. The van der Waals surface area contributed by atoms with Gasteiger partial charge in [-0.3, -0.25) is 4.79 Å². The van der Waals surface area contributed by atoms with E-state index in [1.807, 2.05) is 0 Å². The van der Waals surface area contributed by atoms with Gasteiger partial charge in [0.25, 0.3) is 5.91 Å². The molecule has 158 valence electrons. The summed E-state index contributed by atoms with van der Waals surface area (Å²) in [5.41, 5.74) is 1.57. The number of carbonyl (C=O) groups excluding carboxylic acids is 2. The minimum Gasteiger partial charge on any atom is -0.450 e. The lowest BCUT2D eigenvalue weighted by Crippen LogP contribution is -2.30. The van der Waals surface area contributed by atoms with Crippen LogP contribution < -0.4 is 10.5 Å². The molecule has 3 aromatic rings. The summed E-state index contributed by atoms with van der Waals surface area (Å²) in [7, 11) is -3.75. The van der Waals surface area contributed by atoms with Crippen molar-refractivity contribution >= 4 is 32.9 Å². The number of benzene rings is 2. The SMILES string of the molecule is Cc1c(C(=O)OCC(=O)NCCc2ccc(S(N)(=O)=O)cc2)oc2ccc(F)cc12. The third kappa shape index (κ3) is 5.02. The molecule has 1 amide bonds. The predicted molar refractivity (Wildman–Crippen MR) is 106 cm³/mol. The Morgan fingerprint density at radius 2 is 1.87 bits per heavy atom. The zero-order valence-corrected chi connectivity index (χ0v) is 16.8. The Bertz CT molecular complexity index is 1200. The van der Waals surface area contributed by atoms with Crippen molar-refractivity contribution in [3.8, 4) is 0 Å². The van der Waals surface area contributed by atoms with Gasteiger partial charge in [0.05, 0.1) is 4.90 Å². The molecule has 0 radical (unpaired) electrons. The van der Waals surface area contributed by atoms with Crippen LogP contribution in [0.3, 0.4) is 0 Å². The van der Waals surface area contributed by atoms with E-state index in [2.05, 4.69) is 5.32 Å². The molecule has 0 aliphatic rings. The number of fused-ring (bicyclic) bond motifs is 1. The number of primary sulfonamides is 1. The van der Waals surface area contributed by atoms with Gasteiger partial charge in [-0.15, -0.1) is 0 Å². The molecular weight excluding hydrogens is 415 g/mol. The van der Waals surface area contributed by atoms with Crippen molar-refractivity contribution in [2.75, 3.05) is 13.2 Å². The van der Waals surface area contributed by atoms with Gasteiger partial charge in [-0.2, -0.15) is 0 Å². The van der Waals surface area contributed by atoms with Crippen LogP contribution in [0.15, 0.2) is 51.8 Å². The number of ether oxygens (including phenoxy) is 1. The van der Waals surface area contributed by atoms with Crippen LogP contribution in [0.2, 0.25) is 0 Å². The number of nitrogens with two attached hydrogens (primary N) is 1. The number of rotatable bonds is 7. The fraction of sp³-hybridized carbons (Fsp3) is 0.200. The third-order valence-electron chi connectivity index (χ3n) is 4.41. The average Bonchev–Trinajstić information content (AvgIpc) is 3.02. The maximum atomic E-state index is 13.4. The molecule has 0 atom stereocenters.